The first-order valence-electron chi connectivity index (χ1n) is 11.3. The van der Waals surface area contributed by atoms with Crippen molar-refractivity contribution in [2.45, 2.75) is 45.1 Å². The van der Waals surface area contributed by atoms with E-state index < -0.39 is 0 Å². The Morgan fingerprint density at radius 3 is 2.82 bits per heavy atom. The molecule has 7 nitrogen and oxygen atoms in total. The molecule has 0 saturated carbocycles. The van der Waals surface area contributed by atoms with Gasteiger partial charge in [0.1, 0.15) is 5.82 Å². The molecule has 0 radical (unpaired) electrons. The molecule has 5 rings (SSSR count). The number of nitrogens with one attached hydrogen (secondary N) is 1. The van der Waals surface area contributed by atoms with E-state index in [4.69, 9.17) is 11.6 Å². The second-order valence-corrected chi connectivity index (χ2v) is 8.68. The van der Waals surface area contributed by atoms with Crippen LogP contribution in [0.3, 0.4) is 0 Å². The minimum atomic E-state index is -0.0594. The molecule has 0 fully saturated rings. The summed E-state index contributed by atoms with van der Waals surface area (Å²) in [4.78, 5) is 12.6. The summed E-state index contributed by atoms with van der Waals surface area (Å²) in [5.41, 5.74) is 3.50. The second kappa shape index (κ2) is 9.58. The van der Waals surface area contributed by atoms with Gasteiger partial charge in [-0.05, 0) is 55.2 Å². The fraction of sp³-hybridized carbons (Fsp3) is 0.280. The van der Waals surface area contributed by atoms with Crippen LogP contribution in [-0.2, 0) is 24.2 Å². The molecule has 3 heterocycles. The highest BCUT2D eigenvalue weighted by atomic mass is 35.5. The van der Waals surface area contributed by atoms with Crippen LogP contribution in [0.25, 0.3) is 17.1 Å². The molecule has 8 heteroatoms. The molecule has 0 aliphatic carbocycles. The van der Waals surface area contributed by atoms with Crippen molar-refractivity contribution >= 4 is 23.2 Å². The largest absolute Gasteiger partial charge is 0.326 e. The smallest absolute Gasteiger partial charge is 0.224 e. The number of rotatable bonds is 6. The van der Waals surface area contributed by atoms with Gasteiger partial charge in [0.15, 0.2) is 5.82 Å². The molecule has 1 amide bonds. The van der Waals surface area contributed by atoms with Crippen molar-refractivity contribution < 1.29 is 4.79 Å². The predicted octanol–water partition coefficient (Wildman–Crippen LogP) is 5.08. The lowest BCUT2D eigenvalue weighted by Crippen LogP contribution is -2.12. The highest BCUT2D eigenvalue weighted by Crippen LogP contribution is 2.31. The summed E-state index contributed by atoms with van der Waals surface area (Å²) in [6.07, 6.45) is 9.09. The number of hydrogen-bond acceptors (Lipinski definition) is 4. The van der Waals surface area contributed by atoms with E-state index in [-0.39, 0.29) is 5.91 Å². The number of benzene rings is 2. The first kappa shape index (κ1) is 21.4. The maximum atomic E-state index is 12.6. The van der Waals surface area contributed by atoms with E-state index in [1.165, 1.54) is 6.42 Å². The van der Waals surface area contributed by atoms with Crippen LogP contribution in [0.15, 0.2) is 60.9 Å². The SMILES string of the molecule is O=C(CCc1cnn(-c2ccccc2)c1)Nc1ccc(Cl)c(-c2nnc3n2CCCCC3)c1. The molecule has 1 aliphatic rings. The fourth-order valence-corrected chi connectivity index (χ4v) is 4.35. The summed E-state index contributed by atoms with van der Waals surface area (Å²) in [6.45, 7) is 0.890. The maximum absolute atomic E-state index is 12.6. The van der Waals surface area contributed by atoms with Crippen molar-refractivity contribution in [2.24, 2.45) is 0 Å². The topological polar surface area (TPSA) is 77.6 Å². The molecule has 0 unspecified atom stereocenters. The summed E-state index contributed by atoms with van der Waals surface area (Å²) in [5, 5.41) is 16.8. The summed E-state index contributed by atoms with van der Waals surface area (Å²) in [7, 11) is 0. The Hall–Kier alpha value is -3.45. The number of carbonyl (C=O) groups is 1. The number of anilines is 1. The standard InChI is InChI=1S/C25H25ClN6O/c26-22-12-11-19(15-21(22)25-30-29-23-9-5-2-6-14-31(23)25)28-24(33)13-10-18-16-27-32(17-18)20-7-3-1-4-8-20/h1,3-4,7-8,11-12,15-17H,2,5-6,9-10,13-14H2,(H,28,33). The lowest BCUT2D eigenvalue weighted by molar-refractivity contribution is -0.116. The molecule has 0 spiro atoms. The first-order valence-corrected chi connectivity index (χ1v) is 11.7. The van der Waals surface area contributed by atoms with Gasteiger partial charge in [-0.1, -0.05) is 36.2 Å². The average Bonchev–Trinajstić information content (AvgIpc) is 3.41. The van der Waals surface area contributed by atoms with Crippen LogP contribution < -0.4 is 5.32 Å². The zero-order valence-corrected chi connectivity index (χ0v) is 19.0. The average molecular weight is 461 g/mol. The third-order valence-electron chi connectivity index (χ3n) is 5.90. The monoisotopic (exact) mass is 460 g/mol. The highest BCUT2D eigenvalue weighted by Gasteiger charge is 2.18. The van der Waals surface area contributed by atoms with E-state index >= 15 is 0 Å². The summed E-state index contributed by atoms with van der Waals surface area (Å²) in [5.74, 6) is 1.71. The van der Waals surface area contributed by atoms with Gasteiger partial charge >= 0.3 is 0 Å². The van der Waals surface area contributed by atoms with Gasteiger partial charge in [0.05, 0.1) is 16.9 Å². The lowest BCUT2D eigenvalue weighted by atomic mass is 10.1. The quantitative estimate of drug-likeness (QED) is 0.435. The van der Waals surface area contributed by atoms with E-state index in [1.807, 2.05) is 53.3 Å². The predicted molar refractivity (Wildman–Crippen MR) is 129 cm³/mol. The molecule has 4 aromatic rings. The molecule has 0 saturated heterocycles. The lowest BCUT2D eigenvalue weighted by Gasteiger charge is -2.11. The number of hydrogen-bond donors (Lipinski definition) is 1. The number of nitrogens with zero attached hydrogens (tertiary/aromatic N) is 5. The highest BCUT2D eigenvalue weighted by molar-refractivity contribution is 6.33. The number of aryl methyl sites for hydroxylation is 2. The fourth-order valence-electron chi connectivity index (χ4n) is 4.15. The van der Waals surface area contributed by atoms with Gasteiger partial charge in [-0.15, -0.1) is 10.2 Å². The van der Waals surface area contributed by atoms with E-state index in [0.717, 1.165) is 54.3 Å². The Bertz CT molecular complexity index is 1260. The van der Waals surface area contributed by atoms with Crippen LogP contribution in [0.2, 0.25) is 5.02 Å². The number of halogens is 1. The van der Waals surface area contributed by atoms with Crippen LogP contribution in [0.5, 0.6) is 0 Å². The Morgan fingerprint density at radius 1 is 1.06 bits per heavy atom. The van der Waals surface area contributed by atoms with Crippen LogP contribution in [-0.4, -0.2) is 30.5 Å². The van der Waals surface area contributed by atoms with Gasteiger partial charge in [-0.3, -0.25) is 4.79 Å². The van der Waals surface area contributed by atoms with Gasteiger partial charge in [0.25, 0.3) is 0 Å². The van der Waals surface area contributed by atoms with Crippen molar-refractivity contribution in [3.63, 3.8) is 0 Å². The van der Waals surface area contributed by atoms with Crippen LogP contribution in [0.1, 0.15) is 37.1 Å². The van der Waals surface area contributed by atoms with Gasteiger partial charge in [0, 0.05) is 36.8 Å². The molecule has 1 aliphatic heterocycles. The van der Waals surface area contributed by atoms with Crippen molar-refractivity contribution in [3.8, 4) is 17.1 Å². The number of para-hydroxylation sites is 1. The van der Waals surface area contributed by atoms with Crippen molar-refractivity contribution in [1.82, 2.24) is 24.5 Å². The number of aromatic nitrogens is 5. The van der Waals surface area contributed by atoms with Crippen LogP contribution in [0.4, 0.5) is 5.69 Å². The molecule has 0 bridgehead atoms. The zero-order valence-electron chi connectivity index (χ0n) is 18.2. The minimum Gasteiger partial charge on any atom is -0.326 e. The maximum Gasteiger partial charge on any atom is 0.224 e. The van der Waals surface area contributed by atoms with Crippen molar-refractivity contribution in [1.29, 1.82) is 0 Å². The molecule has 2 aromatic carbocycles. The van der Waals surface area contributed by atoms with Gasteiger partial charge < -0.3 is 9.88 Å². The molecule has 33 heavy (non-hydrogen) atoms. The van der Waals surface area contributed by atoms with Crippen LogP contribution in [0, 0.1) is 0 Å². The molecule has 1 N–H and O–H groups in total. The van der Waals surface area contributed by atoms with E-state index in [9.17, 15) is 4.79 Å². The van der Waals surface area contributed by atoms with E-state index in [2.05, 4.69) is 25.2 Å². The third-order valence-corrected chi connectivity index (χ3v) is 6.23. The normalized spacial score (nSPS) is 13.4. The van der Waals surface area contributed by atoms with Crippen molar-refractivity contribution in [3.05, 3.63) is 77.3 Å². The van der Waals surface area contributed by atoms with Crippen molar-refractivity contribution in [2.75, 3.05) is 5.32 Å². The van der Waals surface area contributed by atoms with Crippen LogP contribution >= 0.6 is 11.6 Å². The number of fused-ring (bicyclic) bond motifs is 1. The minimum absolute atomic E-state index is 0.0594. The summed E-state index contributed by atoms with van der Waals surface area (Å²) < 4.78 is 3.98. The second-order valence-electron chi connectivity index (χ2n) is 8.27. The number of amides is 1. The third kappa shape index (κ3) is 4.83. The van der Waals surface area contributed by atoms with Gasteiger partial charge in [-0.2, -0.15) is 5.10 Å². The summed E-state index contributed by atoms with van der Waals surface area (Å²) in [6, 6.07) is 15.4. The molecular weight excluding hydrogens is 436 g/mol. The molecular formula is C25H25ClN6O. The zero-order chi connectivity index (χ0) is 22.6. The Morgan fingerprint density at radius 2 is 1.94 bits per heavy atom. The van der Waals surface area contributed by atoms with E-state index in [1.54, 1.807) is 12.3 Å². The summed E-state index contributed by atoms with van der Waals surface area (Å²) >= 11 is 6.50. The molecule has 2 aromatic heterocycles. The number of carbonyl (C=O) groups excluding carboxylic acids is 1. The Labute approximate surface area is 197 Å². The van der Waals surface area contributed by atoms with Gasteiger partial charge in [-0.25, -0.2) is 4.68 Å². The molecule has 168 valence electrons. The first-order chi connectivity index (χ1) is 16.2. The van der Waals surface area contributed by atoms with Gasteiger partial charge in [0.2, 0.25) is 5.91 Å². The van der Waals surface area contributed by atoms with E-state index in [0.29, 0.717) is 23.6 Å². The Kier molecular flexibility index (Phi) is 6.21. The molecule has 0 atom stereocenters. The Balaban J connectivity index is 1.25.